The number of ether oxygens (including phenoxy) is 2. The molecule has 0 amide bonds. The van der Waals surface area contributed by atoms with Crippen LogP contribution >= 0.6 is 34.4 Å². The van der Waals surface area contributed by atoms with Crippen molar-refractivity contribution in [3.8, 4) is 11.5 Å². The second kappa shape index (κ2) is 7.80. The fraction of sp³-hybridized carbons (Fsp3) is 0.235. The Kier molecular flexibility index (Phi) is 5.25. The molecule has 27 heavy (non-hydrogen) atoms. The average Bonchev–Trinajstić information content (AvgIpc) is 3.01. The molecule has 1 aliphatic rings. The van der Waals surface area contributed by atoms with Crippen LogP contribution in [-0.4, -0.2) is 39.3 Å². The smallest absolute Gasteiger partial charge is 0.175 e. The summed E-state index contributed by atoms with van der Waals surface area (Å²) in [4.78, 5) is 14.1. The summed E-state index contributed by atoms with van der Waals surface area (Å²) < 4.78 is 14.5. The summed E-state index contributed by atoms with van der Waals surface area (Å²) in [5.41, 5.74) is 7.32. The minimum atomic E-state index is 0.370. The first kappa shape index (κ1) is 18.2. The largest absolute Gasteiger partial charge is 0.486 e. The number of nitrogens with one attached hydrogen (secondary N) is 1. The molecular weight excluding hydrogens is 479 g/mol. The molecule has 3 aromatic rings. The number of nitrogens with zero attached hydrogens (tertiary/aromatic N) is 4. The number of anilines is 1. The number of hydrogen-bond donors (Lipinski definition) is 2. The van der Waals surface area contributed by atoms with E-state index in [1.165, 1.54) is 18.1 Å². The molecule has 0 radical (unpaired) electrons. The molecule has 3 heterocycles. The molecule has 0 aliphatic carbocycles. The van der Waals surface area contributed by atoms with Crippen molar-refractivity contribution in [2.75, 3.05) is 25.5 Å². The van der Waals surface area contributed by atoms with Crippen LogP contribution in [-0.2, 0) is 6.54 Å². The number of nitrogen functional groups attached to an aromatic ring is 1. The van der Waals surface area contributed by atoms with Crippen LogP contribution in [0.15, 0.2) is 41.3 Å². The van der Waals surface area contributed by atoms with Gasteiger partial charge in [0.25, 0.3) is 0 Å². The lowest BCUT2D eigenvalue weighted by Crippen LogP contribution is -2.16. The standard InChI is InChI=1S/C17H17IN6O2S/c1-2-20-3-4-24-16-14(15(19)21-9-22-16)23-17(24)27-13-8-12-11(7-10(13)18)25-5-6-26-12/h2,7-9,20H,1,3-6H2,(H2,19,21,22). The first-order chi connectivity index (χ1) is 13.2. The minimum absolute atomic E-state index is 0.370. The van der Waals surface area contributed by atoms with E-state index in [1.54, 1.807) is 6.20 Å². The number of aromatic nitrogens is 4. The Labute approximate surface area is 173 Å². The van der Waals surface area contributed by atoms with Crippen LogP contribution in [0.5, 0.6) is 11.5 Å². The number of hydrogen-bond acceptors (Lipinski definition) is 8. The van der Waals surface area contributed by atoms with Crippen LogP contribution in [0.3, 0.4) is 0 Å². The average molecular weight is 496 g/mol. The molecule has 0 saturated carbocycles. The van der Waals surface area contributed by atoms with E-state index in [-0.39, 0.29) is 0 Å². The van der Waals surface area contributed by atoms with E-state index in [0.717, 1.165) is 25.1 Å². The van der Waals surface area contributed by atoms with Crippen LogP contribution in [0.2, 0.25) is 0 Å². The Balaban J connectivity index is 1.73. The van der Waals surface area contributed by atoms with E-state index < -0.39 is 0 Å². The molecule has 1 aliphatic heterocycles. The fourth-order valence-electron chi connectivity index (χ4n) is 2.71. The summed E-state index contributed by atoms with van der Waals surface area (Å²) in [6.45, 7) is 6.17. The molecule has 8 nitrogen and oxygen atoms in total. The van der Waals surface area contributed by atoms with Gasteiger partial charge >= 0.3 is 0 Å². The van der Waals surface area contributed by atoms with E-state index in [1.807, 2.05) is 16.7 Å². The van der Waals surface area contributed by atoms with Crippen molar-refractivity contribution < 1.29 is 9.47 Å². The van der Waals surface area contributed by atoms with Gasteiger partial charge in [0.2, 0.25) is 0 Å². The zero-order chi connectivity index (χ0) is 18.8. The van der Waals surface area contributed by atoms with Crippen molar-refractivity contribution in [3.63, 3.8) is 0 Å². The van der Waals surface area contributed by atoms with Crippen LogP contribution in [0.1, 0.15) is 0 Å². The maximum atomic E-state index is 6.00. The number of rotatable bonds is 6. The molecule has 3 N–H and O–H groups in total. The molecule has 4 rings (SSSR count). The van der Waals surface area contributed by atoms with Gasteiger partial charge in [-0.1, -0.05) is 18.3 Å². The summed E-state index contributed by atoms with van der Waals surface area (Å²) in [5, 5.41) is 3.89. The topological polar surface area (TPSA) is 100 Å². The number of benzene rings is 1. The van der Waals surface area contributed by atoms with E-state index >= 15 is 0 Å². The summed E-state index contributed by atoms with van der Waals surface area (Å²) in [6.07, 6.45) is 3.12. The van der Waals surface area contributed by atoms with Crippen LogP contribution < -0.4 is 20.5 Å². The molecule has 1 aromatic carbocycles. The monoisotopic (exact) mass is 496 g/mol. The lowest BCUT2D eigenvalue weighted by Gasteiger charge is -2.19. The van der Waals surface area contributed by atoms with Gasteiger partial charge in [0.05, 0.1) is 0 Å². The van der Waals surface area contributed by atoms with E-state index in [0.29, 0.717) is 43.3 Å². The Hall–Kier alpha value is -2.21. The van der Waals surface area contributed by atoms with Crippen LogP contribution in [0.25, 0.3) is 11.2 Å². The maximum absolute atomic E-state index is 6.00. The Morgan fingerprint density at radius 2 is 2.07 bits per heavy atom. The van der Waals surface area contributed by atoms with Crippen molar-refractivity contribution in [1.29, 1.82) is 0 Å². The second-order valence-corrected chi connectivity index (χ2v) is 7.84. The highest BCUT2D eigenvalue weighted by Gasteiger charge is 2.19. The highest BCUT2D eigenvalue weighted by atomic mass is 127. The van der Waals surface area contributed by atoms with Gasteiger partial charge in [0.15, 0.2) is 33.6 Å². The fourth-order valence-corrected chi connectivity index (χ4v) is 4.43. The Morgan fingerprint density at radius 1 is 1.30 bits per heavy atom. The SMILES string of the molecule is C=CNCCn1c(Sc2cc3c(cc2I)OCCO3)nc2c(N)ncnc21. The third kappa shape index (κ3) is 3.63. The molecule has 0 unspecified atom stereocenters. The van der Waals surface area contributed by atoms with Crippen molar-refractivity contribution in [3.05, 3.63) is 34.8 Å². The molecule has 0 bridgehead atoms. The zero-order valence-electron chi connectivity index (χ0n) is 14.3. The Bertz CT molecular complexity index is 1010. The molecule has 0 atom stereocenters. The first-order valence-electron chi connectivity index (χ1n) is 8.25. The van der Waals surface area contributed by atoms with Crippen molar-refractivity contribution in [2.45, 2.75) is 16.6 Å². The summed E-state index contributed by atoms with van der Waals surface area (Å²) in [7, 11) is 0. The maximum Gasteiger partial charge on any atom is 0.175 e. The van der Waals surface area contributed by atoms with E-state index in [4.69, 9.17) is 15.2 Å². The van der Waals surface area contributed by atoms with Gasteiger partial charge in [0.1, 0.15) is 19.5 Å². The first-order valence-corrected chi connectivity index (χ1v) is 10.1. The van der Waals surface area contributed by atoms with Gasteiger partial charge < -0.3 is 25.1 Å². The lowest BCUT2D eigenvalue weighted by atomic mass is 10.3. The van der Waals surface area contributed by atoms with Crippen LogP contribution in [0, 0.1) is 3.57 Å². The van der Waals surface area contributed by atoms with Gasteiger partial charge in [-0.2, -0.15) is 0 Å². The van der Waals surface area contributed by atoms with Gasteiger partial charge in [-0.25, -0.2) is 15.0 Å². The zero-order valence-corrected chi connectivity index (χ0v) is 17.3. The minimum Gasteiger partial charge on any atom is -0.486 e. The highest BCUT2D eigenvalue weighted by molar-refractivity contribution is 14.1. The summed E-state index contributed by atoms with van der Waals surface area (Å²) >= 11 is 3.83. The molecule has 140 valence electrons. The molecule has 0 fully saturated rings. The number of halogens is 1. The normalized spacial score (nSPS) is 12.9. The number of imidazole rings is 1. The number of fused-ring (bicyclic) bond motifs is 2. The van der Waals surface area contributed by atoms with Gasteiger partial charge in [0, 0.05) is 21.6 Å². The summed E-state index contributed by atoms with van der Waals surface area (Å²) in [5.74, 6) is 1.89. The van der Waals surface area contributed by atoms with E-state index in [2.05, 4.69) is 49.4 Å². The van der Waals surface area contributed by atoms with Crippen LogP contribution in [0.4, 0.5) is 5.82 Å². The molecule has 10 heteroatoms. The third-order valence-electron chi connectivity index (χ3n) is 3.95. The second-order valence-electron chi connectivity index (χ2n) is 5.66. The third-order valence-corrected chi connectivity index (χ3v) is 6.26. The molecular formula is C17H17IN6O2S. The molecule has 0 spiro atoms. The van der Waals surface area contributed by atoms with Crippen molar-refractivity contribution >= 4 is 51.3 Å². The van der Waals surface area contributed by atoms with Crippen molar-refractivity contribution in [1.82, 2.24) is 24.8 Å². The predicted octanol–water partition coefficient (Wildman–Crippen LogP) is 2.67. The van der Waals surface area contributed by atoms with Crippen molar-refractivity contribution in [2.24, 2.45) is 0 Å². The van der Waals surface area contributed by atoms with Gasteiger partial charge in [-0.05, 0) is 40.9 Å². The molecule has 0 saturated heterocycles. The van der Waals surface area contributed by atoms with Gasteiger partial charge in [-0.15, -0.1) is 0 Å². The Morgan fingerprint density at radius 3 is 2.85 bits per heavy atom. The molecule has 2 aromatic heterocycles. The number of nitrogens with two attached hydrogens (primary N) is 1. The summed E-state index contributed by atoms with van der Waals surface area (Å²) in [6, 6.07) is 3.97. The quantitative estimate of drug-likeness (QED) is 0.397. The predicted molar refractivity (Wildman–Crippen MR) is 112 cm³/mol. The van der Waals surface area contributed by atoms with E-state index in [9.17, 15) is 0 Å². The lowest BCUT2D eigenvalue weighted by molar-refractivity contribution is 0.171. The highest BCUT2D eigenvalue weighted by Crippen LogP contribution is 2.40. The van der Waals surface area contributed by atoms with Gasteiger partial charge in [-0.3, -0.25) is 0 Å².